The molecule has 0 aromatic heterocycles. The number of hydrogen-bond acceptors (Lipinski definition) is 10. The van der Waals surface area contributed by atoms with Gasteiger partial charge in [-0.1, -0.05) is 32.1 Å². The molecule has 202 valence electrons. The fourth-order valence-corrected chi connectivity index (χ4v) is 7.18. The smallest absolute Gasteiger partial charge is 0.330 e. The number of ether oxygens (including phenoxy) is 3. The first-order chi connectivity index (χ1) is 17.1. The third kappa shape index (κ3) is 3.64. The Morgan fingerprint density at radius 2 is 1.78 bits per heavy atom. The summed E-state index contributed by atoms with van der Waals surface area (Å²) in [5, 5.41) is 36.0. The summed E-state index contributed by atoms with van der Waals surface area (Å²) in [5.74, 6) is -5.66. The molecule has 4 aliphatic carbocycles. The molecule has 0 heterocycles. The second kappa shape index (κ2) is 8.61. The van der Waals surface area contributed by atoms with E-state index in [4.69, 9.17) is 14.2 Å². The summed E-state index contributed by atoms with van der Waals surface area (Å²) in [6.07, 6.45) is 1.97. The number of esters is 3. The average molecular weight is 519 g/mol. The molecule has 0 aromatic rings. The molecule has 2 saturated carbocycles. The van der Waals surface area contributed by atoms with Crippen LogP contribution in [0.3, 0.4) is 0 Å². The van der Waals surface area contributed by atoms with Gasteiger partial charge in [-0.2, -0.15) is 0 Å². The van der Waals surface area contributed by atoms with Gasteiger partial charge in [0.25, 0.3) is 0 Å². The zero-order valence-electron chi connectivity index (χ0n) is 21.8. The van der Waals surface area contributed by atoms with Crippen molar-refractivity contribution in [3.05, 3.63) is 35.5 Å². The molecule has 37 heavy (non-hydrogen) atoms. The maximum Gasteiger partial charge on any atom is 0.330 e. The predicted octanol–water partition coefficient (Wildman–Crippen LogP) is 0.923. The summed E-state index contributed by atoms with van der Waals surface area (Å²) in [7, 11) is 0. The van der Waals surface area contributed by atoms with Gasteiger partial charge in [-0.3, -0.25) is 14.4 Å². The van der Waals surface area contributed by atoms with Crippen LogP contribution in [0.2, 0.25) is 0 Å². The number of ketones is 1. The van der Waals surface area contributed by atoms with Crippen LogP contribution in [-0.4, -0.2) is 74.6 Å². The maximum atomic E-state index is 13.2. The minimum atomic E-state index is -2.18. The summed E-state index contributed by atoms with van der Waals surface area (Å²) < 4.78 is 16.6. The molecule has 0 radical (unpaired) electrons. The van der Waals surface area contributed by atoms with Crippen molar-refractivity contribution in [2.24, 2.45) is 23.2 Å². The monoisotopic (exact) mass is 518 g/mol. The molecule has 3 N–H and O–H groups in total. The fraction of sp³-hybridized carbons (Fsp3) is 0.630. The van der Waals surface area contributed by atoms with Gasteiger partial charge in [-0.25, -0.2) is 4.79 Å². The topological polar surface area (TPSA) is 157 Å². The van der Waals surface area contributed by atoms with E-state index in [0.717, 1.165) is 6.08 Å². The molecule has 10 heteroatoms. The van der Waals surface area contributed by atoms with Crippen molar-refractivity contribution >= 4 is 23.7 Å². The Bertz CT molecular complexity index is 1150. The largest absolute Gasteiger partial charge is 0.461 e. The normalized spacial score (nSPS) is 41.4. The van der Waals surface area contributed by atoms with Crippen LogP contribution >= 0.6 is 0 Å². The van der Waals surface area contributed by atoms with Crippen LogP contribution in [0.15, 0.2) is 35.5 Å². The number of fused-ring (bicyclic) bond motifs is 5. The Kier molecular flexibility index (Phi) is 6.33. The Labute approximate surface area is 215 Å². The first kappa shape index (κ1) is 27.2. The van der Waals surface area contributed by atoms with Crippen LogP contribution in [0.4, 0.5) is 0 Å². The highest BCUT2D eigenvalue weighted by molar-refractivity contribution is 6.05. The van der Waals surface area contributed by atoms with Crippen LogP contribution in [-0.2, 0) is 33.4 Å². The fourth-order valence-electron chi connectivity index (χ4n) is 7.18. The zero-order valence-corrected chi connectivity index (χ0v) is 21.8. The van der Waals surface area contributed by atoms with Gasteiger partial charge >= 0.3 is 17.9 Å². The van der Waals surface area contributed by atoms with E-state index in [9.17, 15) is 34.5 Å². The van der Waals surface area contributed by atoms with Crippen molar-refractivity contribution in [3.63, 3.8) is 0 Å². The number of aliphatic hydroxyl groups is 3. The molecular weight excluding hydrogens is 484 g/mol. The van der Waals surface area contributed by atoms with E-state index in [1.807, 2.05) is 0 Å². The molecule has 0 unspecified atom stereocenters. The highest BCUT2D eigenvalue weighted by atomic mass is 16.6. The molecular formula is C27H34O10. The van der Waals surface area contributed by atoms with Crippen molar-refractivity contribution in [1.82, 2.24) is 0 Å². The first-order valence-corrected chi connectivity index (χ1v) is 12.3. The summed E-state index contributed by atoms with van der Waals surface area (Å²) >= 11 is 0. The highest BCUT2D eigenvalue weighted by Gasteiger charge is 2.88. The predicted molar refractivity (Wildman–Crippen MR) is 127 cm³/mol. The molecule has 10 nitrogen and oxygen atoms in total. The van der Waals surface area contributed by atoms with Crippen LogP contribution in [0.1, 0.15) is 48.0 Å². The Balaban J connectivity index is 1.97. The van der Waals surface area contributed by atoms with Crippen molar-refractivity contribution in [3.8, 4) is 0 Å². The van der Waals surface area contributed by atoms with Crippen molar-refractivity contribution in [1.29, 1.82) is 0 Å². The van der Waals surface area contributed by atoms with Gasteiger partial charge in [0.15, 0.2) is 17.5 Å². The second-order valence-corrected chi connectivity index (χ2v) is 11.2. The van der Waals surface area contributed by atoms with Gasteiger partial charge < -0.3 is 29.5 Å². The van der Waals surface area contributed by atoms with Crippen LogP contribution in [0.25, 0.3) is 0 Å². The van der Waals surface area contributed by atoms with Gasteiger partial charge in [-0.05, 0) is 25.0 Å². The first-order valence-electron chi connectivity index (χ1n) is 12.3. The minimum absolute atomic E-state index is 0.202. The number of hydrogen-bond donors (Lipinski definition) is 3. The number of aliphatic hydroxyl groups excluding tert-OH is 1. The highest BCUT2D eigenvalue weighted by Crippen LogP contribution is 2.75. The SMILES string of the molecule is C/C=C/C(=O)O[C@@H]1[C@@H](O)[C@]2(OC(C)=O)[C@H]([C@@H]3C=C(COC(C)=O)C[C@]4(O)C(=O)C(C)=C[C@H]4[C@@]13O)C2(C)C. The Morgan fingerprint density at radius 3 is 2.35 bits per heavy atom. The van der Waals surface area contributed by atoms with Gasteiger partial charge in [0, 0.05) is 49.5 Å². The molecule has 0 bridgehead atoms. The number of allylic oxidation sites excluding steroid dienone is 1. The van der Waals surface area contributed by atoms with Gasteiger partial charge in [-0.15, -0.1) is 0 Å². The maximum absolute atomic E-state index is 13.2. The summed E-state index contributed by atoms with van der Waals surface area (Å²) in [6, 6.07) is 0. The Hall–Kier alpha value is -2.82. The third-order valence-electron chi connectivity index (χ3n) is 8.65. The lowest BCUT2D eigenvalue weighted by Crippen LogP contribution is -2.70. The summed E-state index contributed by atoms with van der Waals surface area (Å²) in [5.41, 5.74) is -6.18. The summed E-state index contributed by atoms with van der Waals surface area (Å²) in [4.78, 5) is 49.7. The van der Waals surface area contributed by atoms with Gasteiger partial charge in [0.2, 0.25) is 0 Å². The quantitative estimate of drug-likeness (QED) is 0.207. The molecule has 4 aliphatic rings. The molecule has 0 aliphatic heterocycles. The second-order valence-electron chi connectivity index (χ2n) is 11.2. The molecule has 0 amide bonds. The molecule has 0 spiro atoms. The van der Waals surface area contributed by atoms with Crippen molar-refractivity contribution in [2.75, 3.05) is 6.61 Å². The molecule has 2 fully saturated rings. The van der Waals surface area contributed by atoms with E-state index in [-0.39, 0.29) is 18.6 Å². The van der Waals surface area contributed by atoms with E-state index >= 15 is 0 Å². The van der Waals surface area contributed by atoms with Gasteiger partial charge in [0.1, 0.15) is 23.9 Å². The van der Waals surface area contributed by atoms with Crippen LogP contribution in [0.5, 0.6) is 0 Å². The molecule has 0 saturated heterocycles. The number of carbonyl (C=O) groups excluding carboxylic acids is 4. The molecule has 0 aromatic carbocycles. The number of carbonyl (C=O) groups is 4. The van der Waals surface area contributed by atoms with E-state index < -0.39 is 75.9 Å². The minimum Gasteiger partial charge on any atom is -0.461 e. The van der Waals surface area contributed by atoms with Crippen LogP contribution < -0.4 is 0 Å². The van der Waals surface area contributed by atoms with E-state index in [1.54, 1.807) is 26.8 Å². The lowest BCUT2D eigenvalue weighted by Gasteiger charge is -2.52. The summed E-state index contributed by atoms with van der Waals surface area (Å²) in [6.45, 7) is 8.79. The number of rotatable bonds is 5. The van der Waals surface area contributed by atoms with Crippen molar-refractivity contribution in [2.45, 2.75) is 77.0 Å². The van der Waals surface area contributed by atoms with Gasteiger partial charge in [0.05, 0.1) is 0 Å². The van der Waals surface area contributed by atoms with E-state index in [0.29, 0.717) is 5.57 Å². The zero-order chi connectivity index (χ0) is 27.7. The number of Topliss-reactive ketones (excluding diaryl/α,β-unsaturated/α-hetero) is 1. The Morgan fingerprint density at radius 1 is 1.14 bits per heavy atom. The third-order valence-corrected chi connectivity index (χ3v) is 8.65. The lowest BCUT2D eigenvalue weighted by molar-refractivity contribution is -0.250. The van der Waals surface area contributed by atoms with E-state index in [2.05, 4.69) is 0 Å². The standard InChI is InChI=1S/C27H34O10/c1-7-8-19(30)36-23-22(32)27(37-15(4)29)20(24(27,5)6)17-10-16(12-35-14(3)28)11-25(33)18(26(17,23)34)9-13(2)21(25)31/h7-10,17-18,20,22-23,32-34H,11-12H2,1-6H3/b8-7+/t17-,18+,20+,22+,23+,25+,26+,27+/m0/s1. The molecule has 4 rings (SSSR count). The van der Waals surface area contributed by atoms with Crippen LogP contribution in [0, 0.1) is 23.2 Å². The van der Waals surface area contributed by atoms with Crippen molar-refractivity contribution < 1.29 is 48.7 Å². The average Bonchev–Trinajstić information content (AvgIpc) is 3.21. The lowest BCUT2D eigenvalue weighted by atomic mass is 9.62. The molecule has 8 atom stereocenters. The van der Waals surface area contributed by atoms with E-state index in [1.165, 1.54) is 32.9 Å².